The van der Waals surface area contributed by atoms with Gasteiger partial charge in [-0.2, -0.15) is 0 Å². The maximum Gasteiger partial charge on any atom is 0.0627 e. The van der Waals surface area contributed by atoms with E-state index in [1.54, 1.807) is 0 Å². The highest BCUT2D eigenvalue weighted by molar-refractivity contribution is 5.87. The van der Waals surface area contributed by atoms with E-state index in [0.29, 0.717) is 18.5 Å². The normalized spacial score (nSPS) is 33.2. The Labute approximate surface area is 79.4 Å². The van der Waals surface area contributed by atoms with Crippen molar-refractivity contribution in [1.82, 2.24) is 4.90 Å². The van der Waals surface area contributed by atoms with Crippen LogP contribution >= 0.6 is 0 Å². The molecule has 2 atom stereocenters. The molecule has 0 aromatic carbocycles. The fraction of sp³-hybridized carbons (Fsp3) is 0.700. The molecule has 1 aliphatic heterocycles. The summed E-state index contributed by atoms with van der Waals surface area (Å²) in [6.07, 6.45) is 6.08. The van der Waals surface area contributed by atoms with Gasteiger partial charge in [-0.15, -0.1) is 6.42 Å². The molecular weight excluding hydrogens is 164 g/mol. The zero-order valence-electron chi connectivity index (χ0n) is 8.20. The first-order valence-corrected chi connectivity index (χ1v) is 4.57. The number of terminal acetylenes is 1. The number of piperidine rings is 1. The van der Waals surface area contributed by atoms with Crippen molar-refractivity contribution < 1.29 is 5.21 Å². The van der Waals surface area contributed by atoms with Gasteiger partial charge in [0.05, 0.1) is 12.3 Å². The van der Waals surface area contributed by atoms with Gasteiger partial charge in [-0.1, -0.05) is 18.0 Å². The van der Waals surface area contributed by atoms with Crippen molar-refractivity contribution >= 4 is 5.71 Å². The van der Waals surface area contributed by atoms with Crippen LogP contribution in [0.4, 0.5) is 0 Å². The lowest BCUT2D eigenvalue weighted by molar-refractivity contribution is 0.198. The maximum absolute atomic E-state index is 8.72. The van der Waals surface area contributed by atoms with Gasteiger partial charge < -0.3 is 5.21 Å². The zero-order chi connectivity index (χ0) is 9.84. The van der Waals surface area contributed by atoms with E-state index in [1.165, 1.54) is 0 Å². The fourth-order valence-corrected chi connectivity index (χ4v) is 1.75. The van der Waals surface area contributed by atoms with Crippen LogP contribution in [0.2, 0.25) is 0 Å². The summed E-state index contributed by atoms with van der Waals surface area (Å²) in [5.74, 6) is 2.96. The van der Waals surface area contributed by atoms with Crippen LogP contribution in [0.5, 0.6) is 0 Å². The minimum absolute atomic E-state index is 0.314. The van der Waals surface area contributed by atoms with Crippen molar-refractivity contribution in [3.63, 3.8) is 0 Å². The molecule has 1 saturated heterocycles. The second-order valence-electron chi connectivity index (χ2n) is 3.68. The van der Waals surface area contributed by atoms with Crippen LogP contribution in [-0.2, 0) is 0 Å². The van der Waals surface area contributed by atoms with Gasteiger partial charge in [0.15, 0.2) is 0 Å². The Morgan fingerprint density at radius 3 is 2.92 bits per heavy atom. The molecule has 1 N–H and O–H groups in total. The van der Waals surface area contributed by atoms with Crippen LogP contribution in [-0.4, -0.2) is 35.0 Å². The highest BCUT2D eigenvalue weighted by atomic mass is 16.4. The first-order valence-electron chi connectivity index (χ1n) is 4.57. The molecule has 72 valence electrons. The number of likely N-dealkylation sites (tertiary alicyclic amines) is 1. The van der Waals surface area contributed by atoms with E-state index in [0.717, 1.165) is 18.7 Å². The average molecular weight is 180 g/mol. The molecule has 1 fully saturated rings. The van der Waals surface area contributed by atoms with Crippen LogP contribution in [0.15, 0.2) is 5.16 Å². The van der Waals surface area contributed by atoms with E-state index in [4.69, 9.17) is 11.6 Å². The second kappa shape index (κ2) is 4.29. The lowest BCUT2D eigenvalue weighted by Gasteiger charge is -2.35. The lowest BCUT2D eigenvalue weighted by atomic mass is 9.93. The Hall–Kier alpha value is -1.01. The Morgan fingerprint density at radius 1 is 1.69 bits per heavy atom. The van der Waals surface area contributed by atoms with Gasteiger partial charge in [0.2, 0.25) is 0 Å². The number of hydrogen-bond donors (Lipinski definition) is 1. The Bertz CT molecular complexity index is 242. The molecule has 13 heavy (non-hydrogen) atoms. The molecule has 0 aromatic heterocycles. The molecular formula is C10H16N2O. The van der Waals surface area contributed by atoms with Crippen molar-refractivity contribution in [3.8, 4) is 12.3 Å². The summed E-state index contributed by atoms with van der Waals surface area (Å²) in [7, 11) is 0. The van der Waals surface area contributed by atoms with E-state index in [1.807, 2.05) is 0 Å². The monoisotopic (exact) mass is 180 g/mol. The number of hydrogen-bond acceptors (Lipinski definition) is 3. The Morgan fingerprint density at radius 2 is 2.38 bits per heavy atom. The summed E-state index contributed by atoms with van der Waals surface area (Å²) in [5, 5.41) is 12.0. The third-order valence-corrected chi connectivity index (χ3v) is 2.63. The van der Waals surface area contributed by atoms with E-state index in [9.17, 15) is 0 Å². The third kappa shape index (κ3) is 2.22. The second-order valence-corrected chi connectivity index (χ2v) is 3.68. The predicted octanol–water partition coefficient (Wildman–Crippen LogP) is 1.18. The standard InChI is InChI=1S/C10H16N2O/c1-4-5-12-7-8(2)10(11-13)6-9(12)3/h1,8-9,13H,5-7H2,2-3H3/b11-10-/t8-,9+/m1/s1. The predicted molar refractivity (Wildman–Crippen MR) is 52.9 cm³/mol. The van der Waals surface area contributed by atoms with Gasteiger partial charge >= 0.3 is 0 Å². The van der Waals surface area contributed by atoms with Crippen LogP contribution in [0, 0.1) is 18.3 Å². The number of rotatable bonds is 1. The fourth-order valence-electron chi connectivity index (χ4n) is 1.75. The van der Waals surface area contributed by atoms with E-state index >= 15 is 0 Å². The Balaban J connectivity index is 2.62. The van der Waals surface area contributed by atoms with Crippen molar-refractivity contribution in [2.45, 2.75) is 26.3 Å². The molecule has 0 saturated carbocycles. The largest absolute Gasteiger partial charge is 0.411 e. The van der Waals surface area contributed by atoms with Crippen LogP contribution in [0.25, 0.3) is 0 Å². The van der Waals surface area contributed by atoms with E-state index in [2.05, 4.69) is 29.8 Å². The SMILES string of the molecule is C#CCN1C[C@@H](C)/C(=N\O)C[C@@H]1C. The summed E-state index contributed by atoms with van der Waals surface area (Å²) in [6.45, 7) is 5.74. The highest BCUT2D eigenvalue weighted by Gasteiger charge is 2.27. The topological polar surface area (TPSA) is 35.8 Å². The quantitative estimate of drug-likeness (QED) is 0.373. The zero-order valence-corrected chi connectivity index (χ0v) is 8.20. The smallest absolute Gasteiger partial charge is 0.0627 e. The minimum atomic E-state index is 0.314. The molecule has 1 rings (SSSR count). The summed E-state index contributed by atoms with van der Waals surface area (Å²) in [5.41, 5.74) is 0.890. The van der Waals surface area contributed by atoms with Gasteiger partial charge in [0.25, 0.3) is 0 Å². The van der Waals surface area contributed by atoms with E-state index in [-0.39, 0.29) is 0 Å². The van der Waals surface area contributed by atoms with Crippen LogP contribution in [0.1, 0.15) is 20.3 Å². The molecule has 3 nitrogen and oxygen atoms in total. The van der Waals surface area contributed by atoms with Crippen molar-refractivity contribution in [2.75, 3.05) is 13.1 Å². The van der Waals surface area contributed by atoms with Crippen LogP contribution in [0.3, 0.4) is 0 Å². The summed E-state index contributed by atoms with van der Waals surface area (Å²) in [4.78, 5) is 2.24. The first-order chi connectivity index (χ1) is 6.19. The number of oxime groups is 1. The molecule has 1 aliphatic rings. The summed E-state index contributed by atoms with van der Waals surface area (Å²) >= 11 is 0. The van der Waals surface area contributed by atoms with Gasteiger partial charge in [-0.25, -0.2) is 0 Å². The molecule has 0 bridgehead atoms. The summed E-state index contributed by atoms with van der Waals surface area (Å²) < 4.78 is 0. The molecule has 0 radical (unpaired) electrons. The molecule has 0 aromatic rings. The van der Waals surface area contributed by atoms with Gasteiger partial charge in [0, 0.05) is 24.9 Å². The van der Waals surface area contributed by atoms with Crippen molar-refractivity contribution in [2.24, 2.45) is 11.1 Å². The molecule has 0 aliphatic carbocycles. The average Bonchev–Trinajstić information content (AvgIpc) is 2.11. The lowest BCUT2D eigenvalue weighted by Crippen LogP contribution is -2.45. The maximum atomic E-state index is 8.72. The number of nitrogens with zero attached hydrogens (tertiary/aromatic N) is 2. The molecule has 0 amide bonds. The third-order valence-electron chi connectivity index (χ3n) is 2.63. The molecule has 3 heteroatoms. The summed E-state index contributed by atoms with van der Waals surface area (Å²) in [6, 6.07) is 0.387. The minimum Gasteiger partial charge on any atom is -0.411 e. The van der Waals surface area contributed by atoms with E-state index < -0.39 is 0 Å². The molecule has 1 heterocycles. The van der Waals surface area contributed by atoms with Gasteiger partial charge in [-0.05, 0) is 6.92 Å². The highest BCUT2D eigenvalue weighted by Crippen LogP contribution is 2.18. The van der Waals surface area contributed by atoms with Crippen LogP contribution < -0.4 is 0 Å². The van der Waals surface area contributed by atoms with Gasteiger partial charge in [-0.3, -0.25) is 4.90 Å². The Kier molecular flexibility index (Phi) is 3.32. The first kappa shape index (κ1) is 10.1. The van der Waals surface area contributed by atoms with Crippen molar-refractivity contribution in [3.05, 3.63) is 0 Å². The van der Waals surface area contributed by atoms with Gasteiger partial charge in [0.1, 0.15) is 0 Å². The molecule has 0 unspecified atom stereocenters. The van der Waals surface area contributed by atoms with Crippen molar-refractivity contribution in [1.29, 1.82) is 0 Å². The molecule has 0 spiro atoms.